The van der Waals surface area contributed by atoms with Crippen molar-refractivity contribution < 1.29 is 14.6 Å². The lowest BCUT2D eigenvalue weighted by atomic mass is 9.82. The molecule has 0 aliphatic carbocycles. The Morgan fingerprint density at radius 2 is 2.04 bits per heavy atom. The number of amides is 1. The van der Waals surface area contributed by atoms with E-state index in [1.54, 1.807) is 0 Å². The molecule has 1 aliphatic rings. The number of ether oxygens (including phenoxy) is 1. The average Bonchev–Trinajstić information content (AvgIpc) is 2.44. The second-order valence-electron chi connectivity index (χ2n) is 7.92. The highest BCUT2D eigenvalue weighted by Gasteiger charge is 2.38. The number of nitrogens with zero attached hydrogens (tertiary/aromatic N) is 1. The van der Waals surface area contributed by atoms with Crippen LogP contribution >= 0.6 is 0 Å². The van der Waals surface area contributed by atoms with Crippen molar-refractivity contribution in [3.8, 4) is 0 Å². The number of piperidine rings is 1. The smallest absolute Gasteiger partial charge is 0.407 e. The molecule has 24 heavy (non-hydrogen) atoms. The molecule has 1 heterocycles. The minimum absolute atomic E-state index is 0.0250. The van der Waals surface area contributed by atoms with Crippen LogP contribution in [0.5, 0.6) is 0 Å². The molecule has 0 aromatic heterocycles. The fraction of sp³-hybridized carbons (Fsp3) is 0.632. The van der Waals surface area contributed by atoms with Crippen LogP contribution in [0.2, 0.25) is 0 Å². The lowest BCUT2D eigenvalue weighted by Gasteiger charge is -2.43. The largest absolute Gasteiger partial charge is 0.444 e. The molecule has 1 saturated heterocycles. The lowest BCUT2D eigenvalue weighted by Crippen LogP contribution is -2.54. The van der Waals surface area contributed by atoms with Crippen molar-refractivity contribution in [3.05, 3.63) is 35.9 Å². The molecule has 1 aromatic carbocycles. The Kier molecular flexibility index (Phi) is 5.88. The summed E-state index contributed by atoms with van der Waals surface area (Å²) in [6.07, 6.45) is 0.417. The molecule has 0 bridgehead atoms. The van der Waals surface area contributed by atoms with Gasteiger partial charge in [-0.15, -0.1) is 0 Å². The second-order valence-corrected chi connectivity index (χ2v) is 7.92. The van der Waals surface area contributed by atoms with Crippen molar-refractivity contribution in [2.45, 2.75) is 51.9 Å². The molecule has 2 N–H and O–H groups in total. The molecule has 1 aliphatic heterocycles. The molecule has 2 atom stereocenters. The predicted molar refractivity (Wildman–Crippen MR) is 94.7 cm³/mol. The molecule has 134 valence electrons. The second kappa shape index (κ2) is 7.53. The topological polar surface area (TPSA) is 61.8 Å². The third-order valence-electron chi connectivity index (χ3n) is 4.36. The SMILES string of the molecule is CC(C)(C)OC(=O)NC[C@@H]1CCN(Cc2ccccc2)C[C@@]1(C)O. The van der Waals surface area contributed by atoms with Gasteiger partial charge in [-0.25, -0.2) is 4.79 Å². The summed E-state index contributed by atoms with van der Waals surface area (Å²) in [5.74, 6) is 0.0250. The van der Waals surface area contributed by atoms with Gasteiger partial charge in [-0.3, -0.25) is 4.90 Å². The monoisotopic (exact) mass is 334 g/mol. The fourth-order valence-corrected chi connectivity index (χ4v) is 3.13. The summed E-state index contributed by atoms with van der Waals surface area (Å²) >= 11 is 0. The highest BCUT2D eigenvalue weighted by molar-refractivity contribution is 5.67. The highest BCUT2D eigenvalue weighted by Crippen LogP contribution is 2.28. The summed E-state index contributed by atoms with van der Waals surface area (Å²) in [6, 6.07) is 10.3. The van der Waals surface area contributed by atoms with Crippen LogP contribution in [-0.4, -0.2) is 46.9 Å². The molecule has 0 spiro atoms. The lowest BCUT2D eigenvalue weighted by molar-refractivity contribution is -0.0646. The maximum absolute atomic E-state index is 11.8. The minimum atomic E-state index is -0.831. The van der Waals surface area contributed by atoms with Gasteiger partial charge in [0.1, 0.15) is 5.60 Å². The van der Waals surface area contributed by atoms with Gasteiger partial charge in [0.2, 0.25) is 0 Å². The van der Waals surface area contributed by atoms with E-state index >= 15 is 0 Å². The van der Waals surface area contributed by atoms with Gasteiger partial charge < -0.3 is 15.2 Å². The van der Waals surface area contributed by atoms with Crippen LogP contribution in [-0.2, 0) is 11.3 Å². The summed E-state index contributed by atoms with van der Waals surface area (Å²) < 4.78 is 5.25. The van der Waals surface area contributed by atoms with Gasteiger partial charge in [-0.05, 0) is 46.2 Å². The van der Waals surface area contributed by atoms with Gasteiger partial charge in [0.15, 0.2) is 0 Å². The van der Waals surface area contributed by atoms with E-state index in [1.165, 1.54) is 5.56 Å². The molecular formula is C19H30N2O3. The van der Waals surface area contributed by atoms with Gasteiger partial charge >= 0.3 is 6.09 Å². The zero-order valence-corrected chi connectivity index (χ0v) is 15.2. The number of carbonyl (C=O) groups is 1. The van der Waals surface area contributed by atoms with E-state index in [0.717, 1.165) is 19.5 Å². The Morgan fingerprint density at radius 3 is 2.62 bits per heavy atom. The standard InChI is InChI=1S/C19H30N2O3/c1-18(2,3)24-17(22)20-12-16-10-11-21(14-19(16,4)23)13-15-8-6-5-7-9-15/h5-9,16,23H,10-14H2,1-4H3,(H,20,22)/t16-,19+/m0/s1. The minimum Gasteiger partial charge on any atom is -0.444 e. The van der Waals surface area contributed by atoms with Crippen molar-refractivity contribution in [2.75, 3.05) is 19.6 Å². The normalized spacial score (nSPS) is 25.3. The molecule has 1 aromatic rings. The van der Waals surface area contributed by atoms with Crippen molar-refractivity contribution in [1.29, 1.82) is 0 Å². The molecule has 0 saturated carbocycles. The molecule has 5 nitrogen and oxygen atoms in total. The van der Waals surface area contributed by atoms with Crippen molar-refractivity contribution >= 4 is 6.09 Å². The Bertz CT molecular complexity index is 537. The maximum Gasteiger partial charge on any atom is 0.407 e. The first-order valence-corrected chi connectivity index (χ1v) is 8.61. The van der Waals surface area contributed by atoms with Crippen LogP contribution in [0.4, 0.5) is 4.79 Å². The summed E-state index contributed by atoms with van der Waals surface area (Å²) in [7, 11) is 0. The predicted octanol–water partition coefficient (Wildman–Crippen LogP) is 2.78. The Morgan fingerprint density at radius 1 is 1.38 bits per heavy atom. The van der Waals surface area contributed by atoms with Crippen molar-refractivity contribution in [3.63, 3.8) is 0 Å². The van der Waals surface area contributed by atoms with Crippen molar-refractivity contribution in [1.82, 2.24) is 10.2 Å². The summed E-state index contributed by atoms with van der Waals surface area (Å²) in [6.45, 7) is 10.1. The number of nitrogens with one attached hydrogen (secondary N) is 1. The Labute approximate surface area is 145 Å². The number of benzene rings is 1. The maximum atomic E-state index is 11.8. The number of aliphatic hydroxyl groups is 1. The van der Waals surface area contributed by atoms with E-state index in [4.69, 9.17) is 4.74 Å². The number of rotatable bonds is 4. The van der Waals surface area contributed by atoms with Crippen LogP contribution in [0.25, 0.3) is 0 Å². The first kappa shape index (κ1) is 18.7. The van der Waals surface area contributed by atoms with Gasteiger partial charge in [0.25, 0.3) is 0 Å². The Hall–Kier alpha value is -1.59. The zero-order valence-electron chi connectivity index (χ0n) is 15.2. The highest BCUT2D eigenvalue weighted by atomic mass is 16.6. The van der Waals surface area contributed by atoms with Gasteiger partial charge in [-0.2, -0.15) is 0 Å². The molecule has 0 unspecified atom stereocenters. The summed E-state index contributed by atoms with van der Waals surface area (Å²) in [5.41, 5.74) is -0.0909. The van der Waals surface area contributed by atoms with Gasteiger partial charge in [-0.1, -0.05) is 30.3 Å². The quantitative estimate of drug-likeness (QED) is 0.889. The van der Waals surface area contributed by atoms with Crippen LogP contribution < -0.4 is 5.32 Å². The number of alkyl carbamates (subject to hydrolysis) is 1. The van der Waals surface area contributed by atoms with Crippen LogP contribution in [0.3, 0.4) is 0 Å². The summed E-state index contributed by atoms with van der Waals surface area (Å²) in [5, 5.41) is 13.6. The van der Waals surface area contributed by atoms with Crippen LogP contribution in [0.15, 0.2) is 30.3 Å². The van der Waals surface area contributed by atoms with E-state index in [1.807, 2.05) is 45.9 Å². The van der Waals surface area contributed by atoms with E-state index < -0.39 is 17.3 Å². The van der Waals surface area contributed by atoms with E-state index in [-0.39, 0.29) is 5.92 Å². The fourth-order valence-electron chi connectivity index (χ4n) is 3.13. The van der Waals surface area contributed by atoms with Gasteiger partial charge in [0.05, 0.1) is 5.60 Å². The first-order chi connectivity index (χ1) is 11.2. The zero-order chi connectivity index (χ0) is 17.8. The molecule has 5 heteroatoms. The Balaban J connectivity index is 1.84. The van der Waals surface area contributed by atoms with E-state index in [2.05, 4.69) is 22.3 Å². The molecular weight excluding hydrogens is 304 g/mol. The van der Waals surface area contributed by atoms with Gasteiger partial charge in [0, 0.05) is 25.6 Å². The number of β-amino-alcohol motifs (C(OH)–C–C–N with tert-alkyl or cyclic N) is 1. The molecule has 0 radical (unpaired) electrons. The number of hydrogen-bond acceptors (Lipinski definition) is 4. The first-order valence-electron chi connectivity index (χ1n) is 8.61. The van der Waals surface area contributed by atoms with Crippen molar-refractivity contribution in [2.24, 2.45) is 5.92 Å². The van der Waals surface area contributed by atoms with E-state index in [0.29, 0.717) is 13.1 Å². The third-order valence-corrected chi connectivity index (χ3v) is 4.36. The molecule has 1 amide bonds. The molecule has 2 rings (SSSR count). The third kappa shape index (κ3) is 5.80. The number of carbonyl (C=O) groups excluding carboxylic acids is 1. The molecule has 1 fully saturated rings. The number of hydrogen-bond donors (Lipinski definition) is 2. The van der Waals surface area contributed by atoms with E-state index in [9.17, 15) is 9.90 Å². The summed E-state index contributed by atoms with van der Waals surface area (Å²) in [4.78, 5) is 14.1. The number of likely N-dealkylation sites (tertiary alicyclic amines) is 1. The van der Waals surface area contributed by atoms with Crippen LogP contribution in [0.1, 0.15) is 39.7 Å². The van der Waals surface area contributed by atoms with Crippen LogP contribution in [0, 0.1) is 5.92 Å². The average molecular weight is 334 g/mol.